The Morgan fingerprint density at radius 1 is 1.08 bits per heavy atom. The summed E-state index contributed by atoms with van der Waals surface area (Å²) in [5, 5.41) is 0. The second kappa shape index (κ2) is 11.2. The van der Waals surface area contributed by atoms with Gasteiger partial charge in [0.1, 0.15) is 6.29 Å². The number of aldehydes is 1. The Morgan fingerprint density at radius 3 is 2.16 bits per heavy atom. The van der Waals surface area contributed by atoms with Crippen LogP contribution in [0.15, 0.2) is 30.3 Å². The molecule has 25 heavy (non-hydrogen) atoms. The monoisotopic (exact) mass is 370 g/mol. The van der Waals surface area contributed by atoms with Crippen molar-refractivity contribution in [1.82, 2.24) is 0 Å². The van der Waals surface area contributed by atoms with E-state index >= 15 is 0 Å². The van der Waals surface area contributed by atoms with Gasteiger partial charge in [-0.15, -0.1) is 0 Å². The fourth-order valence-corrected chi connectivity index (χ4v) is 4.58. The van der Waals surface area contributed by atoms with Crippen LogP contribution < -0.4 is 0 Å². The van der Waals surface area contributed by atoms with Crippen molar-refractivity contribution >= 4 is 19.9 Å². The van der Waals surface area contributed by atoms with Crippen LogP contribution in [0.2, 0.25) is 0 Å². The van der Waals surface area contributed by atoms with E-state index in [4.69, 9.17) is 13.8 Å². The average molecular weight is 370 g/mol. The van der Waals surface area contributed by atoms with Crippen LogP contribution in [0, 0.1) is 5.92 Å². The van der Waals surface area contributed by atoms with Gasteiger partial charge in [0.05, 0.1) is 19.8 Å². The van der Waals surface area contributed by atoms with Crippen molar-refractivity contribution in [2.75, 3.05) is 19.8 Å². The molecule has 0 fully saturated rings. The quantitative estimate of drug-likeness (QED) is 0.318. The first-order valence-electron chi connectivity index (χ1n) is 8.55. The highest BCUT2D eigenvalue weighted by Gasteiger charge is 2.43. The maximum atomic E-state index is 13.1. The van der Waals surface area contributed by atoms with E-state index in [-0.39, 0.29) is 26.2 Å². The second-order valence-corrected chi connectivity index (χ2v) is 7.68. The largest absolute Gasteiger partial charge is 0.465 e. The Labute approximate surface area is 149 Å². The van der Waals surface area contributed by atoms with Gasteiger partial charge in [-0.3, -0.25) is 9.36 Å². The van der Waals surface area contributed by atoms with Gasteiger partial charge in [0.2, 0.25) is 0 Å². The molecule has 0 aromatic heterocycles. The standard InChI is InChI=1S/C18H27O6P/c1-4-22-18(20)17(25(21,23-5-2)24-6-3)13-16(14-19)12-15-10-8-7-9-11-15/h7-11,14,16-17H,4-6,12-13H2,1-3H3/t16-,17?/m1/s1. The van der Waals surface area contributed by atoms with E-state index in [0.717, 1.165) is 11.8 Å². The first-order chi connectivity index (χ1) is 12.0. The third-order valence-corrected chi connectivity index (χ3v) is 6.04. The molecule has 0 aliphatic heterocycles. The molecule has 6 nitrogen and oxygen atoms in total. The zero-order chi connectivity index (χ0) is 18.7. The Hall–Kier alpha value is -1.49. The maximum Gasteiger partial charge on any atom is 0.344 e. The minimum atomic E-state index is -3.72. The first-order valence-corrected chi connectivity index (χ1v) is 10.2. The smallest absolute Gasteiger partial charge is 0.344 e. The topological polar surface area (TPSA) is 78.9 Å². The fraction of sp³-hybridized carbons (Fsp3) is 0.556. The van der Waals surface area contributed by atoms with Crippen LogP contribution in [0.3, 0.4) is 0 Å². The van der Waals surface area contributed by atoms with Crippen LogP contribution in [0.4, 0.5) is 0 Å². The van der Waals surface area contributed by atoms with Crippen molar-refractivity contribution in [2.24, 2.45) is 5.92 Å². The second-order valence-electron chi connectivity index (χ2n) is 5.46. The summed E-state index contributed by atoms with van der Waals surface area (Å²) in [7, 11) is -3.72. The van der Waals surface area contributed by atoms with Gasteiger partial charge in [0.25, 0.3) is 0 Å². The van der Waals surface area contributed by atoms with Gasteiger partial charge < -0.3 is 18.6 Å². The van der Waals surface area contributed by atoms with Crippen LogP contribution in [0.1, 0.15) is 32.8 Å². The number of hydrogen-bond acceptors (Lipinski definition) is 6. The Balaban J connectivity index is 3.02. The van der Waals surface area contributed by atoms with E-state index in [1.54, 1.807) is 20.8 Å². The Morgan fingerprint density at radius 2 is 1.68 bits per heavy atom. The van der Waals surface area contributed by atoms with Crippen LogP contribution in [0.25, 0.3) is 0 Å². The van der Waals surface area contributed by atoms with Crippen molar-refractivity contribution in [1.29, 1.82) is 0 Å². The molecule has 0 saturated carbocycles. The van der Waals surface area contributed by atoms with Crippen LogP contribution in [-0.2, 0) is 34.4 Å². The summed E-state index contributed by atoms with van der Waals surface area (Å²) in [6.45, 7) is 5.44. The summed E-state index contributed by atoms with van der Waals surface area (Å²) in [5.74, 6) is -1.15. The number of hydrogen-bond donors (Lipinski definition) is 0. The van der Waals surface area contributed by atoms with Gasteiger partial charge in [0.15, 0.2) is 5.66 Å². The minimum Gasteiger partial charge on any atom is -0.465 e. The van der Waals surface area contributed by atoms with E-state index in [1.165, 1.54) is 0 Å². The van der Waals surface area contributed by atoms with Crippen molar-refractivity contribution in [3.63, 3.8) is 0 Å². The average Bonchev–Trinajstić information content (AvgIpc) is 2.59. The molecular weight excluding hydrogens is 343 g/mol. The van der Waals surface area contributed by atoms with E-state index in [0.29, 0.717) is 6.42 Å². The molecule has 0 heterocycles. The predicted octanol–water partition coefficient (Wildman–Crippen LogP) is 3.63. The van der Waals surface area contributed by atoms with Gasteiger partial charge in [-0.05, 0) is 39.2 Å². The Bertz CT molecular complexity index is 564. The zero-order valence-corrected chi connectivity index (χ0v) is 15.9. The molecule has 0 saturated heterocycles. The number of benzene rings is 1. The molecule has 0 spiro atoms. The summed E-state index contributed by atoms with van der Waals surface area (Å²) in [6, 6.07) is 9.46. The van der Waals surface area contributed by atoms with Gasteiger partial charge in [-0.25, -0.2) is 0 Å². The number of esters is 1. The summed E-state index contributed by atoms with van der Waals surface area (Å²) in [4.78, 5) is 23.9. The third-order valence-electron chi connectivity index (χ3n) is 3.62. The van der Waals surface area contributed by atoms with Gasteiger partial charge in [0, 0.05) is 5.92 Å². The molecular formula is C18H27O6P. The van der Waals surface area contributed by atoms with E-state index in [1.807, 2.05) is 30.3 Å². The normalized spacial score (nSPS) is 13.9. The summed E-state index contributed by atoms with van der Waals surface area (Å²) in [6.07, 6.45) is 1.27. The lowest BCUT2D eigenvalue weighted by Crippen LogP contribution is -2.29. The molecule has 1 aromatic carbocycles. The molecule has 0 radical (unpaired) electrons. The molecule has 2 atom stereocenters. The van der Waals surface area contributed by atoms with Crippen LogP contribution in [-0.4, -0.2) is 37.7 Å². The van der Waals surface area contributed by atoms with Gasteiger partial charge in [-0.2, -0.15) is 0 Å². The van der Waals surface area contributed by atoms with Crippen molar-refractivity contribution in [3.8, 4) is 0 Å². The van der Waals surface area contributed by atoms with E-state index < -0.39 is 25.1 Å². The molecule has 0 bridgehead atoms. The molecule has 1 aromatic rings. The SMILES string of the molecule is CCOC(=O)C(C[C@H](C=O)Cc1ccccc1)P(=O)(OCC)OCC. The highest BCUT2D eigenvalue weighted by Crippen LogP contribution is 2.55. The van der Waals surface area contributed by atoms with Crippen molar-refractivity contribution in [3.05, 3.63) is 35.9 Å². The number of ether oxygens (including phenoxy) is 1. The third kappa shape index (κ3) is 6.73. The number of rotatable bonds is 12. The van der Waals surface area contributed by atoms with E-state index in [2.05, 4.69) is 0 Å². The molecule has 0 amide bonds. The number of carbonyl (C=O) groups is 2. The van der Waals surface area contributed by atoms with Crippen LogP contribution in [0.5, 0.6) is 0 Å². The fourth-order valence-electron chi connectivity index (χ4n) is 2.56. The first kappa shape index (κ1) is 21.6. The van der Waals surface area contributed by atoms with Crippen LogP contribution >= 0.6 is 7.60 Å². The molecule has 1 unspecified atom stereocenters. The lowest BCUT2D eigenvalue weighted by Gasteiger charge is -2.26. The molecule has 7 heteroatoms. The molecule has 140 valence electrons. The molecule has 0 aliphatic carbocycles. The van der Waals surface area contributed by atoms with Gasteiger partial charge in [-0.1, -0.05) is 30.3 Å². The lowest BCUT2D eigenvalue weighted by atomic mass is 9.96. The highest BCUT2D eigenvalue weighted by molar-refractivity contribution is 7.55. The molecule has 1 rings (SSSR count). The molecule has 0 N–H and O–H groups in total. The lowest BCUT2D eigenvalue weighted by molar-refractivity contribution is -0.143. The summed E-state index contributed by atoms with van der Waals surface area (Å²) >= 11 is 0. The summed E-state index contributed by atoms with van der Waals surface area (Å²) < 4.78 is 28.7. The Kier molecular flexibility index (Phi) is 9.65. The summed E-state index contributed by atoms with van der Waals surface area (Å²) in [5.41, 5.74) is -0.156. The highest BCUT2D eigenvalue weighted by atomic mass is 31.2. The maximum absolute atomic E-state index is 13.1. The zero-order valence-electron chi connectivity index (χ0n) is 15.1. The minimum absolute atomic E-state index is 0.0501. The van der Waals surface area contributed by atoms with Gasteiger partial charge >= 0.3 is 13.6 Å². The van der Waals surface area contributed by atoms with Crippen molar-refractivity contribution in [2.45, 2.75) is 39.3 Å². The van der Waals surface area contributed by atoms with E-state index in [9.17, 15) is 14.2 Å². The van der Waals surface area contributed by atoms with Crippen molar-refractivity contribution < 1.29 is 27.9 Å². The predicted molar refractivity (Wildman–Crippen MR) is 95.6 cm³/mol. The number of carbonyl (C=O) groups excluding carboxylic acids is 2. The molecule has 0 aliphatic rings.